The summed E-state index contributed by atoms with van der Waals surface area (Å²) in [6.45, 7) is 4.93. The monoisotopic (exact) mass is 296 g/mol. The van der Waals surface area contributed by atoms with Gasteiger partial charge in [0, 0.05) is 23.2 Å². The molecular weight excluding hydrogens is 276 g/mol. The molecule has 2 fully saturated rings. The number of ketones is 1. The van der Waals surface area contributed by atoms with E-state index < -0.39 is 0 Å². The molecule has 0 radical (unpaired) electrons. The number of carbonyl (C=O) groups is 1. The summed E-state index contributed by atoms with van der Waals surface area (Å²) >= 11 is 3.61. The summed E-state index contributed by atoms with van der Waals surface area (Å²) in [5.41, 5.74) is 1.25. The average Bonchev–Trinajstić information content (AvgIpc) is 2.97. The van der Waals surface area contributed by atoms with Crippen LogP contribution in [0.1, 0.15) is 39.4 Å². The Bertz CT molecular complexity index is 467. The van der Waals surface area contributed by atoms with Crippen LogP contribution in [0, 0.1) is 19.8 Å². The van der Waals surface area contributed by atoms with Gasteiger partial charge in [0.05, 0.1) is 10.5 Å². The molecule has 3 rings (SSSR count). The quantitative estimate of drug-likeness (QED) is 0.775. The molecule has 2 atom stereocenters. The molecule has 0 aromatic carbocycles. The fraction of sp³-hybridized carbons (Fsp3) is 0.667. The van der Waals surface area contributed by atoms with Crippen molar-refractivity contribution in [3.8, 4) is 0 Å². The summed E-state index contributed by atoms with van der Waals surface area (Å²) in [7, 11) is 0. The molecular formula is C15H20O2S2. The maximum atomic E-state index is 12.7. The molecule has 19 heavy (non-hydrogen) atoms. The van der Waals surface area contributed by atoms with Crippen molar-refractivity contribution >= 4 is 28.9 Å². The predicted molar refractivity (Wildman–Crippen MR) is 81.5 cm³/mol. The number of carbonyl (C=O) groups excluding carboxylic acids is 1. The van der Waals surface area contributed by atoms with Crippen molar-refractivity contribution in [2.24, 2.45) is 5.92 Å². The molecule has 0 amide bonds. The second-order valence-electron chi connectivity index (χ2n) is 5.74. The molecule has 2 nitrogen and oxygen atoms in total. The molecule has 1 aromatic rings. The van der Waals surface area contributed by atoms with E-state index in [4.69, 9.17) is 4.74 Å². The third-order valence-corrected chi connectivity index (χ3v) is 6.73. The lowest BCUT2D eigenvalue weighted by atomic mass is 9.82. The number of hydrogen-bond acceptors (Lipinski definition) is 4. The molecule has 1 aromatic heterocycles. The van der Waals surface area contributed by atoms with Crippen molar-refractivity contribution in [2.45, 2.75) is 38.7 Å². The van der Waals surface area contributed by atoms with Crippen molar-refractivity contribution < 1.29 is 9.53 Å². The first kappa shape index (κ1) is 13.7. The molecule has 2 aliphatic heterocycles. The van der Waals surface area contributed by atoms with E-state index in [0.717, 1.165) is 36.5 Å². The lowest BCUT2D eigenvalue weighted by Crippen LogP contribution is -2.41. The molecule has 3 heterocycles. The van der Waals surface area contributed by atoms with Crippen molar-refractivity contribution in [2.75, 3.05) is 18.1 Å². The maximum absolute atomic E-state index is 12.7. The molecule has 4 heteroatoms. The van der Waals surface area contributed by atoms with Crippen LogP contribution in [0.15, 0.2) is 6.07 Å². The topological polar surface area (TPSA) is 26.3 Å². The Morgan fingerprint density at radius 3 is 2.95 bits per heavy atom. The smallest absolute Gasteiger partial charge is 0.176 e. The Morgan fingerprint density at radius 1 is 1.47 bits per heavy atom. The van der Waals surface area contributed by atoms with Gasteiger partial charge >= 0.3 is 0 Å². The van der Waals surface area contributed by atoms with Gasteiger partial charge in [-0.2, -0.15) is 11.8 Å². The second-order valence-corrected chi connectivity index (χ2v) is 8.10. The fourth-order valence-electron chi connectivity index (χ4n) is 3.01. The van der Waals surface area contributed by atoms with Gasteiger partial charge in [-0.05, 0) is 50.5 Å². The van der Waals surface area contributed by atoms with E-state index in [1.54, 1.807) is 11.3 Å². The van der Waals surface area contributed by atoms with E-state index in [0.29, 0.717) is 5.78 Å². The Balaban J connectivity index is 1.76. The zero-order chi connectivity index (χ0) is 13.5. The highest BCUT2D eigenvalue weighted by Gasteiger charge is 2.42. The number of aryl methyl sites for hydroxylation is 2. The minimum Gasteiger partial charge on any atom is -0.374 e. The second kappa shape index (κ2) is 5.23. The zero-order valence-electron chi connectivity index (χ0n) is 11.5. The van der Waals surface area contributed by atoms with E-state index in [-0.39, 0.29) is 11.5 Å². The molecule has 2 aliphatic rings. The average molecular weight is 296 g/mol. The normalized spacial score (nSPS) is 30.9. The number of Topliss-reactive ketones (excluding diaryl/α,β-unsaturated/α-hetero) is 1. The van der Waals surface area contributed by atoms with Gasteiger partial charge in [0.2, 0.25) is 0 Å². The van der Waals surface area contributed by atoms with Crippen LogP contribution >= 0.6 is 23.1 Å². The first-order valence-corrected chi connectivity index (χ1v) is 8.90. The largest absolute Gasteiger partial charge is 0.374 e. The summed E-state index contributed by atoms with van der Waals surface area (Å²) in [4.78, 5) is 14.9. The van der Waals surface area contributed by atoms with Crippen LogP contribution in [-0.4, -0.2) is 29.5 Å². The van der Waals surface area contributed by atoms with E-state index in [2.05, 4.69) is 19.9 Å². The molecule has 0 saturated carbocycles. The molecule has 2 unspecified atom stereocenters. The van der Waals surface area contributed by atoms with E-state index in [1.165, 1.54) is 16.2 Å². The predicted octanol–water partition coefficient (Wildman–Crippen LogP) is 3.85. The minimum atomic E-state index is 0.00456. The summed E-state index contributed by atoms with van der Waals surface area (Å²) in [6.07, 6.45) is 2.93. The van der Waals surface area contributed by atoms with Gasteiger partial charge < -0.3 is 4.74 Å². The SMILES string of the molecule is Cc1cc(C(=O)C2CCOC3(CCSC3)C2)sc1C. The van der Waals surface area contributed by atoms with E-state index >= 15 is 0 Å². The van der Waals surface area contributed by atoms with Gasteiger partial charge in [0.1, 0.15) is 0 Å². The Kier molecular flexibility index (Phi) is 3.76. The third-order valence-electron chi connectivity index (χ3n) is 4.34. The Hall–Kier alpha value is -0.320. The van der Waals surface area contributed by atoms with Gasteiger partial charge in [0.15, 0.2) is 5.78 Å². The van der Waals surface area contributed by atoms with Crippen molar-refractivity contribution in [1.29, 1.82) is 0 Å². The highest BCUT2D eigenvalue weighted by Crippen LogP contribution is 2.41. The molecule has 0 N–H and O–H groups in total. The van der Waals surface area contributed by atoms with Gasteiger partial charge in [0.25, 0.3) is 0 Å². The van der Waals surface area contributed by atoms with Crippen molar-refractivity contribution in [1.82, 2.24) is 0 Å². The fourth-order valence-corrected chi connectivity index (χ4v) is 5.44. The summed E-state index contributed by atoms with van der Waals surface area (Å²) in [6, 6.07) is 2.06. The van der Waals surface area contributed by atoms with Crippen LogP contribution in [0.2, 0.25) is 0 Å². The molecule has 0 aliphatic carbocycles. The number of rotatable bonds is 2. The molecule has 104 valence electrons. The van der Waals surface area contributed by atoms with E-state index in [1.807, 2.05) is 11.8 Å². The summed E-state index contributed by atoms with van der Waals surface area (Å²) in [5, 5.41) is 0. The van der Waals surface area contributed by atoms with E-state index in [9.17, 15) is 4.79 Å². The van der Waals surface area contributed by atoms with Crippen LogP contribution < -0.4 is 0 Å². The Morgan fingerprint density at radius 2 is 2.32 bits per heavy atom. The van der Waals surface area contributed by atoms with Crippen LogP contribution in [0.25, 0.3) is 0 Å². The third kappa shape index (κ3) is 2.63. The van der Waals surface area contributed by atoms with Crippen LogP contribution in [0.3, 0.4) is 0 Å². The van der Waals surface area contributed by atoms with Gasteiger partial charge in [-0.1, -0.05) is 0 Å². The van der Waals surface area contributed by atoms with Crippen LogP contribution in [-0.2, 0) is 4.74 Å². The number of thioether (sulfide) groups is 1. The highest BCUT2D eigenvalue weighted by atomic mass is 32.2. The highest BCUT2D eigenvalue weighted by molar-refractivity contribution is 7.99. The number of hydrogen-bond donors (Lipinski definition) is 0. The Labute approximate surface area is 122 Å². The van der Waals surface area contributed by atoms with Gasteiger partial charge in [-0.25, -0.2) is 0 Å². The first-order valence-electron chi connectivity index (χ1n) is 6.93. The minimum absolute atomic E-state index is 0.00456. The first-order chi connectivity index (χ1) is 9.10. The standard InChI is InChI=1S/C15H20O2S2/c1-10-7-13(19-11(10)2)14(16)12-3-5-17-15(8-12)4-6-18-9-15/h7,12H,3-6,8-9H2,1-2H3. The lowest BCUT2D eigenvalue weighted by Gasteiger charge is -2.37. The van der Waals surface area contributed by atoms with Crippen LogP contribution in [0.5, 0.6) is 0 Å². The lowest BCUT2D eigenvalue weighted by molar-refractivity contribution is -0.0734. The summed E-state index contributed by atoms with van der Waals surface area (Å²) in [5.74, 6) is 2.77. The van der Waals surface area contributed by atoms with Crippen molar-refractivity contribution in [3.05, 3.63) is 21.4 Å². The van der Waals surface area contributed by atoms with Crippen LogP contribution in [0.4, 0.5) is 0 Å². The summed E-state index contributed by atoms with van der Waals surface area (Å²) < 4.78 is 6.00. The van der Waals surface area contributed by atoms with Gasteiger partial charge in [-0.15, -0.1) is 11.3 Å². The maximum Gasteiger partial charge on any atom is 0.176 e. The van der Waals surface area contributed by atoms with Crippen molar-refractivity contribution in [3.63, 3.8) is 0 Å². The number of thiophene rings is 1. The number of ether oxygens (including phenoxy) is 1. The zero-order valence-corrected chi connectivity index (χ0v) is 13.2. The molecule has 2 saturated heterocycles. The molecule has 1 spiro atoms. The molecule has 0 bridgehead atoms. The van der Waals surface area contributed by atoms with Gasteiger partial charge in [-0.3, -0.25) is 4.79 Å².